The number of nitrogens with one attached hydrogen (secondary N) is 1. The third-order valence-corrected chi connectivity index (χ3v) is 6.02. The molecule has 0 heterocycles. The smallest absolute Gasteiger partial charge is 0.338 e. The van der Waals surface area contributed by atoms with Crippen LogP contribution in [0, 0.1) is 5.92 Å². The molecule has 1 fully saturated rings. The molecule has 8 heteroatoms. The largest absolute Gasteiger partial charge is 0.495 e. The highest BCUT2D eigenvalue weighted by Gasteiger charge is 2.29. The molecule has 0 aromatic heterocycles. The molecule has 1 aromatic rings. The third-order valence-electron chi connectivity index (χ3n) is 4.51. The van der Waals surface area contributed by atoms with Crippen molar-refractivity contribution in [1.82, 2.24) is 4.72 Å². The molecule has 2 atom stereocenters. The van der Waals surface area contributed by atoms with E-state index in [1.54, 1.807) is 0 Å². The van der Waals surface area contributed by atoms with Gasteiger partial charge in [0.25, 0.3) is 0 Å². The maximum Gasteiger partial charge on any atom is 0.338 e. The van der Waals surface area contributed by atoms with Crippen molar-refractivity contribution < 1.29 is 27.5 Å². The highest BCUT2D eigenvalue weighted by atomic mass is 32.2. The first-order valence-electron chi connectivity index (χ1n) is 8.61. The summed E-state index contributed by atoms with van der Waals surface area (Å²) in [7, 11) is -2.51. The second-order valence-electron chi connectivity index (χ2n) is 6.63. The van der Waals surface area contributed by atoms with Crippen molar-refractivity contribution in [1.29, 1.82) is 0 Å². The fourth-order valence-electron chi connectivity index (χ4n) is 3.02. The number of ketones is 1. The number of carbonyl (C=O) groups excluding carboxylic acids is 2. The van der Waals surface area contributed by atoms with Crippen molar-refractivity contribution in [2.24, 2.45) is 5.92 Å². The fraction of sp³-hybridized carbons (Fsp3) is 0.556. The van der Waals surface area contributed by atoms with Crippen LogP contribution in [0.5, 0.6) is 5.75 Å². The average Bonchev–Trinajstić information content (AvgIpc) is 2.61. The van der Waals surface area contributed by atoms with Crippen molar-refractivity contribution in [3.05, 3.63) is 23.8 Å². The number of carbonyl (C=O) groups is 2. The van der Waals surface area contributed by atoms with E-state index in [2.05, 4.69) is 4.72 Å². The van der Waals surface area contributed by atoms with Gasteiger partial charge in [-0.15, -0.1) is 0 Å². The molecule has 2 unspecified atom stereocenters. The van der Waals surface area contributed by atoms with Crippen LogP contribution in [0.25, 0.3) is 0 Å². The Morgan fingerprint density at radius 1 is 1.23 bits per heavy atom. The Balaban J connectivity index is 2.28. The van der Waals surface area contributed by atoms with Crippen LogP contribution in [-0.4, -0.2) is 39.9 Å². The average molecular weight is 383 g/mol. The van der Waals surface area contributed by atoms with Gasteiger partial charge in [0.15, 0.2) is 5.78 Å². The number of benzene rings is 1. The molecule has 7 nitrogen and oxygen atoms in total. The van der Waals surface area contributed by atoms with Crippen LogP contribution in [0.3, 0.4) is 0 Å². The topological polar surface area (TPSA) is 98.8 Å². The van der Waals surface area contributed by atoms with Crippen LogP contribution in [0.15, 0.2) is 23.1 Å². The lowest BCUT2D eigenvalue weighted by Crippen LogP contribution is -2.41. The molecule has 0 radical (unpaired) electrons. The monoisotopic (exact) mass is 383 g/mol. The van der Waals surface area contributed by atoms with Gasteiger partial charge in [-0.25, -0.2) is 17.9 Å². The van der Waals surface area contributed by atoms with E-state index >= 15 is 0 Å². The SMILES string of the molecule is COc1ccc(C(=O)OCC(C)=O)cc1S(=O)(=O)NC1CCCCC1C. The summed E-state index contributed by atoms with van der Waals surface area (Å²) in [5.74, 6) is -0.671. The summed E-state index contributed by atoms with van der Waals surface area (Å²) in [6, 6.07) is 3.89. The van der Waals surface area contributed by atoms with Gasteiger partial charge in [-0.1, -0.05) is 19.8 Å². The van der Waals surface area contributed by atoms with Gasteiger partial charge in [-0.2, -0.15) is 0 Å². The van der Waals surface area contributed by atoms with Gasteiger partial charge >= 0.3 is 5.97 Å². The van der Waals surface area contributed by atoms with E-state index in [0.29, 0.717) is 0 Å². The summed E-state index contributed by atoms with van der Waals surface area (Å²) < 4.78 is 38.5. The number of rotatable bonds is 7. The Bertz CT molecular complexity index is 774. The Kier molecular flexibility index (Phi) is 6.77. The van der Waals surface area contributed by atoms with Gasteiger partial charge in [0.05, 0.1) is 12.7 Å². The summed E-state index contributed by atoms with van der Waals surface area (Å²) >= 11 is 0. The number of hydrogen-bond donors (Lipinski definition) is 1. The quantitative estimate of drug-likeness (QED) is 0.726. The van der Waals surface area contributed by atoms with Gasteiger partial charge in [-0.3, -0.25) is 4.79 Å². The molecule has 144 valence electrons. The molecule has 0 saturated heterocycles. The Morgan fingerprint density at radius 3 is 2.54 bits per heavy atom. The molecule has 1 N–H and O–H groups in total. The molecule has 1 aliphatic carbocycles. The molecule has 1 aliphatic rings. The number of ether oxygens (including phenoxy) is 2. The fourth-order valence-corrected chi connectivity index (χ4v) is 4.59. The van der Waals surface area contributed by atoms with Crippen molar-refractivity contribution >= 4 is 21.8 Å². The van der Waals surface area contributed by atoms with Gasteiger partial charge in [0.2, 0.25) is 10.0 Å². The summed E-state index contributed by atoms with van der Waals surface area (Å²) in [4.78, 5) is 22.9. The number of Topliss-reactive ketones (excluding diaryl/α,β-unsaturated/α-hetero) is 1. The lowest BCUT2D eigenvalue weighted by atomic mass is 9.87. The van der Waals surface area contributed by atoms with E-state index in [1.165, 1.54) is 32.2 Å². The molecular weight excluding hydrogens is 358 g/mol. The zero-order valence-electron chi connectivity index (χ0n) is 15.3. The Labute approximate surface area is 154 Å². The molecular formula is C18H25NO6S. The van der Waals surface area contributed by atoms with Crippen LogP contribution in [-0.2, 0) is 19.6 Å². The van der Waals surface area contributed by atoms with Crippen LogP contribution < -0.4 is 9.46 Å². The van der Waals surface area contributed by atoms with Crippen molar-refractivity contribution in [3.8, 4) is 5.75 Å². The molecule has 0 aliphatic heterocycles. The van der Waals surface area contributed by atoms with E-state index < -0.39 is 16.0 Å². The first kappa shape index (κ1) is 20.4. The van der Waals surface area contributed by atoms with Crippen molar-refractivity contribution in [3.63, 3.8) is 0 Å². The van der Waals surface area contributed by atoms with Gasteiger partial charge in [0, 0.05) is 6.04 Å². The second-order valence-corrected chi connectivity index (χ2v) is 8.32. The molecule has 0 spiro atoms. The molecule has 1 saturated carbocycles. The van der Waals surface area contributed by atoms with E-state index in [9.17, 15) is 18.0 Å². The first-order chi connectivity index (χ1) is 12.2. The number of methoxy groups -OCH3 is 1. The minimum atomic E-state index is -3.87. The summed E-state index contributed by atoms with van der Waals surface area (Å²) in [6.45, 7) is 2.97. The number of hydrogen-bond acceptors (Lipinski definition) is 6. The molecule has 0 amide bonds. The molecule has 0 bridgehead atoms. The normalized spacial score (nSPS) is 20.4. The summed E-state index contributed by atoms with van der Waals surface area (Å²) in [5, 5.41) is 0. The van der Waals surface area contributed by atoms with E-state index in [0.717, 1.165) is 25.7 Å². The molecule has 2 rings (SSSR count). The first-order valence-corrected chi connectivity index (χ1v) is 10.1. The zero-order chi connectivity index (χ0) is 19.3. The van der Waals surface area contributed by atoms with E-state index in [1.807, 2.05) is 6.92 Å². The highest BCUT2D eigenvalue weighted by Crippen LogP contribution is 2.29. The predicted molar refractivity (Wildman–Crippen MR) is 95.7 cm³/mol. The van der Waals surface area contributed by atoms with Gasteiger partial charge < -0.3 is 9.47 Å². The van der Waals surface area contributed by atoms with Crippen LogP contribution in [0.2, 0.25) is 0 Å². The van der Waals surface area contributed by atoms with E-state index in [4.69, 9.17) is 9.47 Å². The second kappa shape index (κ2) is 8.64. The highest BCUT2D eigenvalue weighted by molar-refractivity contribution is 7.89. The number of esters is 1. The van der Waals surface area contributed by atoms with Crippen LogP contribution in [0.4, 0.5) is 0 Å². The lowest BCUT2D eigenvalue weighted by molar-refractivity contribution is -0.120. The van der Waals surface area contributed by atoms with Gasteiger partial charge in [-0.05, 0) is 43.9 Å². The van der Waals surface area contributed by atoms with Crippen LogP contribution in [0.1, 0.15) is 49.9 Å². The summed E-state index contributed by atoms with van der Waals surface area (Å²) in [5.41, 5.74) is 0.0455. The zero-order valence-corrected chi connectivity index (χ0v) is 16.1. The molecule has 1 aromatic carbocycles. The van der Waals surface area contributed by atoms with E-state index in [-0.39, 0.29) is 40.6 Å². The molecule has 26 heavy (non-hydrogen) atoms. The van der Waals surface area contributed by atoms with Crippen molar-refractivity contribution in [2.75, 3.05) is 13.7 Å². The minimum Gasteiger partial charge on any atom is -0.495 e. The maximum absolute atomic E-state index is 12.9. The third kappa shape index (κ3) is 5.04. The minimum absolute atomic E-state index is 0.0455. The standard InChI is InChI=1S/C18H25NO6S/c1-12-6-4-5-7-15(12)19-26(22,23)17-10-14(8-9-16(17)24-3)18(21)25-11-13(2)20/h8-10,12,15,19H,4-7,11H2,1-3H3. The van der Waals surface area contributed by atoms with Crippen LogP contribution >= 0.6 is 0 Å². The Hall–Kier alpha value is -1.93. The maximum atomic E-state index is 12.9. The Morgan fingerprint density at radius 2 is 1.92 bits per heavy atom. The predicted octanol–water partition coefficient (Wildman–Crippen LogP) is 2.30. The lowest BCUT2D eigenvalue weighted by Gasteiger charge is -2.29. The van der Waals surface area contributed by atoms with Crippen molar-refractivity contribution in [2.45, 2.75) is 50.5 Å². The summed E-state index contributed by atoms with van der Waals surface area (Å²) in [6.07, 6.45) is 3.83. The van der Waals surface area contributed by atoms with Gasteiger partial charge in [0.1, 0.15) is 17.3 Å². The number of sulfonamides is 1.